The van der Waals surface area contributed by atoms with Gasteiger partial charge in [0.2, 0.25) is 41.4 Å². The summed E-state index contributed by atoms with van der Waals surface area (Å²) in [6, 6.07) is 5.24. The Morgan fingerprint density at radius 2 is 1.37 bits per heavy atom. The van der Waals surface area contributed by atoms with Crippen molar-refractivity contribution in [2.45, 2.75) is 94.2 Å². The third-order valence-corrected chi connectivity index (χ3v) is 11.5. The van der Waals surface area contributed by atoms with Crippen LogP contribution >= 0.6 is 0 Å². The van der Waals surface area contributed by atoms with Crippen molar-refractivity contribution in [3.63, 3.8) is 0 Å². The summed E-state index contributed by atoms with van der Waals surface area (Å²) < 4.78 is 0. The van der Waals surface area contributed by atoms with Crippen LogP contribution in [-0.2, 0) is 57.6 Å². The Kier molecular flexibility index (Phi) is 16.4. The summed E-state index contributed by atoms with van der Waals surface area (Å²) in [5.74, 6) is -6.99. The van der Waals surface area contributed by atoms with Gasteiger partial charge in [-0.2, -0.15) is 0 Å². The van der Waals surface area contributed by atoms with Gasteiger partial charge in [0.15, 0.2) is 5.96 Å². The number of benzene rings is 2. The number of urea groups is 1. The van der Waals surface area contributed by atoms with Crippen LogP contribution in [0.3, 0.4) is 0 Å². The van der Waals surface area contributed by atoms with Gasteiger partial charge in [0.1, 0.15) is 42.3 Å². The molecule has 7 atom stereocenters. The fourth-order valence-corrected chi connectivity index (χ4v) is 7.80. The molecule has 2 aliphatic heterocycles. The average Bonchev–Trinajstić information content (AvgIpc) is 4.05. The standard InChI is InChI=1S/C44H55N15O9/c1-23-37(62)54-33(18-26-20-48-22-52-26)41(66)55-31(16-24-8-3-2-4-9-24)39(64)53-29(12-7-15-49-43(46)47)38(63)56-32(17-25-19-50-28-11-6-5-10-27(25)28)40(65)57-34(36(45)61)21-51-35(60)14-13-30-42(67)59(23)44(68)58-30/h2-6,8-11,19-20,22-23,29-34,50H,7,12-18,21H2,1H3,(H2,45,61)(H,48,52)(H,51,60)(H,53,64)(H,54,62)(H,55,66)(H,56,63)(H,57,65)(H,58,68)(H4,46,47,49)/t23-,29+,30+,31+,32+,33+,34+/m1/s1. The van der Waals surface area contributed by atoms with Crippen molar-refractivity contribution in [2.75, 3.05) is 13.1 Å². The number of nitrogens with zero attached hydrogens (tertiary/aromatic N) is 3. The number of carbonyl (C=O) groups is 9. The van der Waals surface area contributed by atoms with E-state index in [4.69, 9.17) is 17.2 Å². The van der Waals surface area contributed by atoms with Crippen molar-refractivity contribution in [3.05, 3.63) is 90.1 Å². The maximum Gasteiger partial charge on any atom is 0.325 e. The molecule has 10 amide bonds. The molecular formula is C44H55N15O9. The topological polar surface area (TPSA) is 376 Å². The van der Waals surface area contributed by atoms with E-state index in [2.05, 4.69) is 57.2 Å². The minimum absolute atomic E-state index is 0.0518. The van der Waals surface area contributed by atoms with Gasteiger partial charge in [-0.25, -0.2) is 9.78 Å². The van der Waals surface area contributed by atoms with E-state index in [1.165, 1.54) is 19.4 Å². The number of fused-ring (bicyclic) bond motifs is 3. The Bertz CT molecular complexity index is 2530. The molecule has 2 bridgehead atoms. The van der Waals surface area contributed by atoms with Gasteiger partial charge >= 0.3 is 6.03 Å². The van der Waals surface area contributed by atoms with Gasteiger partial charge in [0.25, 0.3) is 5.91 Å². The lowest BCUT2D eigenvalue weighted by atomic mass is 10.0. The predicted molar refractivity (Wildman–Crippen MR) is 244 cm³/mol. The molecule has 15 N–H and O–H groups in total. The van der Waals surface area contributed by atoms with E-state index in [0.717, 1.165) is 10.9 Å². The number of primary amides is 1. The number of nitrogens with one attached hydrogen (secondary N) is 9. The molecule has 0 unspecified atom stereocenters. The maximum absolute atomic E-state index is 14.5. The van der Waals surface area contributed by atoms with E-state index < -0.39 is 102 Å². The number of carbonyl (C=O) groups excluding carboxylic acids is 9. The Morgan fingerprint density at radius 1 is 0.735 bits per heavy atom. The third kappa shape index (κ3) is 12.9. The SMILES string of the molecule is C[C@@H]1C(=O)N[C@@H](Cc2cnc[nH]2)C(=O)N[C@@H](Cc2ccccc2)C(=O)N[C@@H](CCCN=C(N)N)C(=O)N[C@@H](Cc2c[nH]c3ccccc23)C(=O)N[C@H](C(N)=O)CNC(=O)CC[C@@H]2NC(=O)N1C2=O. The number of nitrogens with two attached hydrogens (primary N) is 3. The molecule has 68 heavy (non-hydrogen) atoms. The minimum Gasteiger partial charge on any atom is -0.370 e. The van der Waals surface area contributed by atoms with E-state index in [-0.39, 0.29) is 57.5 Å². The van der Waals surface area contributed by atoms with Crippen LogP contribution in [0.15, 0.2) is 78.3 Å². The third-order valence-electron chi connectivity index (χ3n) is 11.5. The molecule has 0 spiro atoms. The predicted octanol–water partition coefficient (Wildman–Crippen LogP) is -2.90. The number of hydrogen-bond acceptors (Lipinski definition) is 11. The van der Waals surface area contributed by atoms with Crippen molar-refractivity contribution < 1.29 is 43.2 Å². The van der Waals surface area contributed by atoms with Gasteiger partial charge in [-0.15, -0.1) is 0 Å². The van der Waals surface area contributed by atoms with Crippen molar-refractivity contribution in [1.29, 1.82) is 0 Å². The summed E-state index contributed by atoms with van der Waals surface area (Å²) in [7, 11) is 0. The number of para-hydroxylation sites is 1. The molecule has 4 aromatic rings. The molecule has 0 saturated carbocycles. The minimum atomic E-state index is -1.49. The first kappa shape index (κ1) is 49.1. The highest BCUT2D eigenvalue weighted by molar-refractivity contribution is 6.08. The number of imide groups is 1. The van der Waals surface area contributed by atoms with Crippen LogP contribution < -0.4 is 54.4 Å². The Hall–Kier alpha value is -8.31. The van der Waals surface area contributed by atoms with Gasteiger partial charge in [-0.05, 0) is 43.4 Å². The van der Waals surface area contributed by atoms with Crippen LogP contribution in [0, 0.1) is 0 Å². The van der Waals surface area contributed by atoms with Crippen LogP contribution in [0.5, 0.6) is 0 Å². The molecule has 2 aliphatic rings. The zero-order valence-corrected chi connectivity index (χ0v) is 37.1. The second-order valence-electron chi connectivity index (χ2n) is 16.4. The fraction of sp³-hybridized carbons (Fsp3) is 0.386. The van der Waals surface area contributed by atoms with E-state index in [1.807, 2.05) is 18.2 Å². The summed E-state index contributed by atoms with van der Waals surface area (Å²) >= 11 is 0. The van der Waals surface area contributed by atoms with Crippen LogP contribution in [0.25, 0.3) is 10.9 Å². The van der Waals surface area contributed by atoms with E-state index in [1.54, 1.807) is 42.6 Å². The second kappa shape index (κ2) is 22.7. The summed E-state index contributed by atoms with van der Waals surface area (Å²) in [6.45, 7) is 0.847. The van der Waals surface area contributed by atoms with Crippen LogP contribution in [-0.4, -0.2) is 134 Å². The van der Waals surface area contributed by atoms with Gasteiger partial charge < -0.3 is 64.4 Å². The van der Waals surface area contributed by atoms with Crippen molar-refractivity contribution >= 4 is 70.2 Å². The van der Waals surface area contributed by atoms with Gasteiger partial charge in [-0.3, -0.25) is 48.2 Å². The average molecular weight is 938 g/mol. The van der Waals surface area contributed by atoms with Crippen LogP contribution in [0.2, 0.25) is 0 Å². The fourth-order valence-electron chi connectivity index (χ4n) is 7.80. The zero-order chi connectivity index (χ0) is 48.9. The van der Waals surface area contributed by atoms with Crippen LogP contribution in [0.1, 0.15) is 49.4 Å². The highest BCUT2D eigenvalue weighted by Crippen LogP contribution is 2.20. The lowest BCUT2D eigenvalue weighted by Gasteiger charge is -2.28. The molecule has 0 aliphatic carbocycles. The first-order valence-corrected chi connectivity index (χ1v) is 21.9. The largest absolute Gasteiger partial charge is 0.370 e. The van der Waals surface area contributed by atoms with Gasteiger partial charge in [0, 0.05) is 67.8 Å². The van der Waals surface area contributed by atoms with Crippen molar-refractivity contribution in [1.82, 2.24) is 57.1 Å². The monoisotopic (exact) mass is 937 g/mol. The maximum atomic E-state index is 14.5. The van der Waals surface area contributed by atoms with Crippen molar-refractivity contribution in [2.24, 2.45) is 22.2 Å². The molecule has 2 saturated heterocycles. The first-order valence-electron chi connectivity index (χ1n) is 21.9. The first-order chi connectivity index (χ1) is 32.6. The summed E-state index contributed by atoms with van der Waals surface area (Å²) in [5, 5.41) is 19.0. The molecule has 24 nitrogen and oxygen atoms in total. The van der Waals surface area contributed by atoms with E-state index >= 15 is 0 Å². The number of H-pyrrole nitrogens is 2. The molecule has 4 heterocycles. The number of guanidine groups is 1. The number of imidazole rings is 1. The number of amides is 10. The molecule has 360 valence electrons. The smallest absolute Gasteiger partial charge is 0.325 e. The molecule has 2 fully saturated rings. The number of hydrogen-bond donors (Lipinski definition) is 12. The number of aromatic nitrogens is 3. The number of rotatable bonds is 11. The molecule has 2 aromatic heterocycles. The quantitative estimate of drug-likeness (QED) is 0.0312. The molecule has 0 radical (unpaired) electrons. The van der Waals surface area contributed by atoms with Gasteiger partial charge in [0.05, 0.1) is 6.33 Å². The lowest BCUT2D eigenvalue weighted by molar-refractivity contribution is -0.137. The Labute approximate surface area is 389 Å². The summed E-state index contributed by atoms with van der Waals surface area (Å²) in [4.78, 5) is 139. The molecule has 24 heteroatoms. The van der Waals surface area contributed by atoms with Crippen molar-refractivity contribution in [3.8, 4) is 0 Å². The van der Waals surface area contributed by atoms with Gasteiger partial charge in [-0.1, -0.05) is 48.5 Å². The Morgan fingerprint density at radius 3 is 2.06 bits per heavy atom. The highest BCUT2D eigenvalue weighted by atomic mass is 16.2. The molecule has 2 aromatic carbocycles. The summed E-state index contributed by atoms with van der Waals surface area (Å²) in [5.41, 5.74) is 19.1. The normalized spacial score (nSPS) is 23.8. The highest BCUT2D eigenvalue weighted by Gasteiger charge is 2.44. The Balaban J connectivity index is 1.37. The van der Waals surface area contributed by atoms with E-state index in [9.17, 15) is 43.2 Å². The molecular weight excluding hydrogens is 883 g/mol. The van der Waals surface area contributed by atoms with Crippen LogP contribution in [0.4, 0.5) is 4.79 Å². The number of aromatic amines is 2. The zero-order valence-electron chi connectivity index (χ0n) is 37.1. The van der Waals surface area contributed by atoms with E-state index in [0.29, 0.717) is 21.7 Å². The lowest BCUT2D eigenvalue weighted by Crippen LogP contribution is -2.61. The summed E-state index contributed by atoms with van der Waals surface area (Å²) in [6.07, 6.45) is 3.59. The number of aliphatic imine (C=N–C) groups is 1. The molecule has 6 rings (SSSR count). The second-order valence-corrected chi connectivity index (χ2v) is 16.4.